The van der Waals surface area contributed by atoms with Crippen LogP contribution in [0.5, 0.6) is 5.75 Å². The molecule has 0 N–H and O–H groups in total. The van der Waals surface area contributed by atoms with Gasteiger partial charge in [-0.05, 0) is 37.1 Å². The summed E-state index contributed by atoms with van der Waals surface area (Å²) in [7, 11) is 3.26. The summed E-state index contributed by atoms with van der Waals surface area (Å²) in [6, 6.07) is 7.00. The number of carbonyl (C=O) groups is 2. The van der Waals surface area contributed by atoms with Crippen molar-refractivity contribution in [2.24, 2.45) is 5.92 Å². The lowest BCUT2D eigenvalue weighted by Crippen LogP contribution is -2.56. The van der Waals surface area contributed by atoms with Crippen LogP contribution in [0.15, 0.2) is 35.7 Å². The van der Waals surface area contributed by atoms with Crippen LogP contribution in [0.2, 0.25) is 0 Å². The molecular weight excluding hydrogens is 400 g/mol. The first-order valence-corrected chi connectivity index (χ1v) is 10.8. The highest BCUT2D eigenvalue weighted by Crippen LogP contribution is 2.40. The van der Waals surface area contributed by atoms with Gasteiger partial charge in [-0.3, -0.25) is 19.7 Å². The predicted molar refractivity (Wildman–Crippen MR) is 113 cm³/mol. The number of nitrogens with zero attached hydrogens (tertiary/aromatic N) is 4. The van der Waals surface area contributed by atoms with Crippen LogP contribution in [0.4, 0.5) is 0 Å². The molecular formula is C22H28N4O5. The van der Waals surface area contributed by atoms with E-state index in [4.69, 9.17) is 4.74 Å². The molecule has 1 aromatic rings. The Morgan fingerprint density at radius 1 is 1.10 bits per heavy atom. The largest absolute Gasteiger partial charge is 0.497 e. The minimum atomic E-state index is -0.520. The number of rotatable bonds is 4. The number of piperazine rings is 1. The van der Waals surface area contributed by atoms with Crippen molar-refractivity contribution < 1.29 is 19.2 Å². The van der Waals surface area contributed by atoms with E-state index in [1.165, 1.54) is 0 Å². The van der Waals surface area contributed by atoms with E-state index in [0.29, 0.717) is 43.2 Å². The Labute approximate surface area is 181 Å². The molecule has 0 bridgehead atoms. The molecule has 2 unspecified atom stereocenters. The number of amides is 2. The third kappa shape index (κ3) is 3.84. The zero-order chi connectivity index (χ0) is 22.1. The van der Waals surface area contributed by atoms with Gasteiger partial charge in [0, 0.05) is 50.7 Å². The fourth-order valence-corrected chi connectivity index (χ4v) is 5.12. The van der Waals surface area contributed by atoms with Crippen molar-refractivity contribution in [3.63, 3.8) is 0 Å². The van der Waals surface area contributed by atoms with Crippen molar-refractivity contribution in [3.05, 3.63) is 51.3 Å². The summed E-state index contributed by atoms with van der Waals surface area (Å²) >= 11 is 0. The van der Waals surface area contributed by atoms with Crippen molar-refractivity contribution in [2.45, 2.75) is 31.7 Å². The Bertz CT molecular complexity index is 905. The molecule has 2 atom stereocenters. The predicted octanol–water partition coefficient (Wildman–Crippen LogP) is 1.97. The van der Waals surface area contributed by atoms with E-state index >= 15 is 0 Å². The highest BCUT2D eigenvalue weighted by molar-refractivity contribution is 5.94. The zero-order valence-corrected chi connectivity index (χ0v) is 18.0. The molecule has 1 saturated carbocycles. The van der Waals surface area contributed by atoms with Crippen LogP contribution >= 0.6 is 0 Å². The Hall–Kier alpha value is -3.10. The second kappa shape index (κ2) is 8.56. The number of hydrogen-bond acceptors (Lipinski definition) is 6. The quantitative estimate of drug-likeness (QED) is 0.537. The lowest BCUT2D eigenvalue weighted by atomic mass is 9.78. The van der Waals surface area contributed by atoms with Gasteiger partial charge in [0.15, 0.2) is 0 Å². The van der Waals surface area contributed by atoms with Gasteiger partial charge >= 0.3 is 11.6 Å². The van der Waals surface area contributed by atoms with Gasteiger partial charge in [-0.15, -0.1) is 0 Å². The molecule has 0 aromatic heterocycles. The number of methoxy groups -OCH3 is 1. The van der Waals surface area contributed by atoms with E-state index in [1.54, 1.807) is 48.2 Å². The van der Waals surface area contributed by atoms with Crippen LogP contribution in [0.3, 0.4) is 0 Å². The molecule has 31 heavy (non-hydrogen) atoms. The maximum Gasteiger partial charge on any atom is 0.352 e. The van der Waals surface area contributed by atoms with Crippen molar-refractivity contribution >= 4 is 11.8 Å². The molecule has 0 spiro atoms. The Morgan fingerprint density at radius 2 is 1.74 bits per heavy atom. The molecule has 9 nitrogen and oxygen atoms in total. The van der Waals surface area contributed by atoms with Gasteiger partial charge in [0.25, 0.3) is 5.91 Å². The molecule has 1 aliphatic carbocycles. The van der Waals surface area contributed by atoms with Gasteiger partial charge in [0.1, 0.15) is 11.4 Å². The average molecular weight is 428 g/mol. The molecule has 2 heterocycles. The lowest BCUT2D eigenvalue weighted by molar-refractivity contribution is -0.424. The van der Waals surface area contributed by atoms with Crippen LogP contribution in [0.1, 0.15) is 36.0 Å². The van der Waals surface area contributed by atoms with Crippen LogP contribution in [-0.2, 0) is 4.79 Å². The van der Waals surface area contributed by atoms with Gasteiger partial charge in [-0.1, -0.05) is 12.8 Å². The summed E-state index contributed by atoms with van der Waals surface area (Å²) in [5, 5.41) is 11.8. The number of likely N-dealkylation sites (N-methyl/N-ethyl adjacent to an activating group) is 1. The molecule has 2 amide bonds. The summed E-state index contributed by atoms with van der Waals surface area (Å²) in [6.45, 7) is 1.88. The Balaban J connectivity index is 1.53. The number of fused-ring (bicyclic) bond motifs is 1. The van der Waals surface area contributed by atoms with Gasteiger partial charge in [-0.2, -0.15) is 0 Å². The molecule has 2 fully saturated rings. The van der Waals surface area contributed by atoms with Crippen molar-refractivity contribution in [2.75, 3.05) is 40.3 Å². The smallest absolute Gasteiger partial charge is 0.352 e. The first kappa shape index (κ1) is 21.1. The van der Waals surface area contributed by atoms with E-state index in [1.807, 2.05) is 4.90 Å². The topological polar surface area (TPSA) is 96.2 Å². The highest BCUT2D eigenvalue weighted by atomic mass is 16.6. The van der Waals surface area contributed by atoms with E-state index in [9.17, 15) is 19.7 Å². The lowest BCUT2D eigenvalue weighted by Gasteiger charge is -2.46. The van der Waals surface area contributed by atoms with Crippen LogP contribution in [-0.4, -0.2) is 77.8 Å². The minimum Gasteiger partial charge on any atom is -0.497 e. The number of hydrogen-bond donors (Lipinski definition) is 0. The second-order valence-corrected chi connectivity index (χ2v) is 8.37. The molecule has 0 radical (unpaired) electrons. The summed E-state index contributed by atoms with van der Waals surface area (Å²) in [4.78, 5) is 42.3. The zero-order valence-electron chi connectivity index (χ0n) is 18.0. The summed E-state index contributed by atoms with van der Waals surface area (Å²) in [5.74, 6) is 0.107. The fraction of sp³-hybridized carbons (Fsp3) is 0.545. The normalized spacial score (nSPS) is 24.2. The summed E-state index contributed by atoms with van der Waals surface area (Å²) in [6.07, 6.45) is 3.76. The van der Waals surface area contributed by atoms with Crippen molar-refractivity contribution in [1.82, 2.24) is 14.7 Å². The number of carbonyl (C=O) groups excluding carboxylic acids is 2. The second-order valence-electron chi connectivity index (χ2n) is 8.37. The first-order chi connectivity index (χ1) is 14.9. The van der Waals surface area contributed by atoms with E-state index < -0.39 is 10.8 Å². The van der Waals surface area contributed by atoms with Crippen LogP contribution in [0, 0.1) is 16.0 Å². The highest BCUT2D eigenvalue weighted by Gasteiger charge is 2.48. The molecule has 1 saturated heterocycles. The molecule has 9 heteroatoms. The maximum atomic E-state index is 12.9. The van der Waals surface area contributed by atoms with Crippen molar-refractivity contribution in [1.29, 1.82) is 0 Å². The Morgan fingerprint density at radius 3 is 2.35 bits per heavy atom. The third-order valence-corrected chi connectivity index (χ3v) is 6.77. The first-order valence-electron chi connectivity index (χ1n) is 10.8. The standard InChI is InChI=1S/C22H28N4O5/c1-23-18-6-4-3-5-17(18)19(20(22(23)28)26(29)30)24-11-13-25(14-12-24)21(27)15-7-9-16(31-2)10-8-15/h7-10,17-18H,3-6,11-14H2,1-2H3. The van der Waals surface area contributed by atoms with E-state index in [0.717, 1.165) is 25.7 Å². The van der Waals surface area contributed by atoms with Gasteiger partial charge < -0.3 is 19.4 Å². The average Bonchev–Trinajstić information content (AvgIpc) is 2.80. The van der Waals surface area contributed by atoms with E-state index in [2.05, 4.69) is 0 Å². The SMILES string of the molecule is COc1ccc(C(=O)N2CCN(C3=C([N+](=O)[O-])C(=O)N(C)C4CCCCC34)CC2)cc1. The van der Waals surface area contributed by atoms with Gasteiger partial charge in [-0.25, -0.2) is 0 Å². The summed E-state index contributed by atoms with van der Waals surface area (Å²) < 4.78 is 5.14. The van der Waals surface area contributed by atoms with E-state index in [-0.39, 0.29) is 23.6 Å². The van der Waals surface area contributed by atoms with Gasteiger partial charge in [0.2, 0.25) is 0 Å². The molecule has 1 aromatic carbocycles. The van der Waals surface area contributed by atoms with Crippen LogP contribution < -0.4 is 4.74 Å². The molecule has 2 aliphatic heterocycles. The van der Waals surface area contributed by atoms with Crippen molar-refractivity contribution in [3.8, 4) is 5.75 Å². The fourth-order valence-electron chi connectivity index (χ4n) is 5.12. The number of benzene rings is 1. The monoisotopic (exact) mass is 428 g/mol. The summed E-state index contributed by atoms with van der Waals surface area (Å²) in [5.41, 5.74) is 0.871. The molecule has 3 aliphatic rings. The third-order valence-electron chi connectivity index (χ3n) is 6.77. The molecule has 166 valence electrons. The molecule has 4 rings (SSSR count). The minimum absolute atomic E-state index is 0.0129. The number of ether oxygens (including phenoxy) is 1. The van der Waals surface area contributed by atoms with Gasteiger partial charge in [0.05, 0.1) is 12.0 Å². The Kier molecular flexibility index (Phi) is 5.84. The maximum absolute atomic E-state index is 12.9. The number of nitro groups is 1. The van der Waals surface area contributed by atoms with Crippen LogP contribution in [0.25, 0.3) is 0 Å².